The van der Waals surface area contributed by atoms with Crippen LogP contribution in [0.4, 0.5) is 18.9 Å². The molecule has 4 nitrogen and oxygen atoms in total. The third kappa shape index (κ3) is 6.29. The average molecular weight is 399 g/mol. The third-order valence-corrected chi connectivity index (χ3v) is 4.07. The second kappa shape index (κ2) is 8.90. The van der Waals surface area contributed by atoms with Crippen molar-refractivity contribution in [2.24, 2.45) is 0 Å². The Morgan fingerprint density at radius 1 is 1.11 bits per heavy atom. The smallest absolute Gasteiger partial charge is 0.338 e. The van der Waals surface area contributed by atoms with Gasteiger partial charge in [-0.1, -0.05) is 41.9 Å². The summed E-state index contributed by atoms with van der Waals surface area (Å²) in [4.78, 5) is 25.3. The maximum Gasteiger partial charge on any atom is 0.418 e. The second-order valence-electron chi connectivity index (χ2n) is 5.91. The molecule has 27 heavy (non-hydrogen) atoms. The summed E-state index contributed by atoms with van der Waals surface area (Å²) in [6.07, 6.45) is -4.78. The first-order valence-electron chi connectivity index (χ1n) is 8.13. The monoisotopic (exact) mass is 398 g/mol. The predicted octanol–water partition coefficient (Wildman–Crippen LogP) is 4.74. The van der Waals surface area contributed by atoms with Crippen LogP contribution in [0.5, 0.6) is 0 Å². The second-order valence-corrected chi connectivity index (χ2v) is 6.35. The molecule has 0 saturated carbocycles. The van der Waals surface area contributed by atoms with E-state index in [4.69, 9.17) is 11.6 Å². The molecule has 0 aliphatic carbocycles. The fourth-order valence-corrected chi connectivity index (χ4v) is 2.63. The molecule has 0 spiro atoms. The number of nitrogens with zero attached hydrogens (tertiary/aromatic N) is 1. The number of hydrogen-bond donors (Lipinski definition) is 1. The molecule has 0 saturated heterocycles. The largest absolute Gasteiger partial charge is 0.418 e. The first kappa shape index (κ1) is 20.8. The maximum atomic E-state index is 13.1. The maximum absolute atomic E-state index is 13.1. The topological polar surface area (TPSA) is 49.4 Å². The van der Waals surface area contributed by atoms with Crippen molar-refractivity contribution < 1.29 is 22.8 Å². The molecule has 2 aromatic rings. The SMILES string of the molecule is CC(=O)N(CCC(=O)Nc1ccc(Cl)cc1C(F)(F)F)Cc1ccccc1. The van der Waals surface area contributed by atoms with Crippen molar-refractivity contribution in [2.75, 3.05) is 11.9 Å². The Morgan fingerprint density at radius 3 is 2.37 bits per heavy atom. The van der Waals surface area contributed by atoms with E-state index in [-0.39, 0.29) is 29.6 Å². The van der Waals surface area contributed by atoms with Gasteiger partial charge in [0.2, 0.25) is 11.8 Å². The van der Waals surface area contributed by atoms with Gasteiger partial charge in [0.15, 0.2) is 0 Å². The van der Waals surface area contributed by atoms with E-state index in [1.54, 1.807) is 0 Å². The van der Waals surface area contributed by atoms with Crippen LogP contribution in [0.25, 0.3) is 0 Å². The minimum absolute atomic E-state index is 0.0778. The zero-order chi connectivity index (χ0) is 20.0. The lowest BCUT2D eigenvalue weighted by atomic mass is 10.1. The predicted molar refractivity (Wildman–Crippen MR) is 97.2 cm³/mol. The summed E-state index contributed by atoms with van der Waals surface area (Å²) in [5.74, 6) is -0.851. The van der Waals surface area contributed by atoms with Crippen molar-refractivity contribution >= 4 is 29.1 Å². The molecule has 0 unspecified atom stereocenters. The Kier molecular flexibility index (Phi) is 6.85. The van der Waals surface area contributed by atoms with Gasteiger partial charge in [0.05, 0.1) is 11.3 Å². The Hall–Kier alpha value is -2.54. The molecule has 2 amide bonds. The molecule has 8 heteroatoms. The van der Waals surface area contributed by atoms with Crippen LogP contribution in [0.15, 0.2) is 48.5 Å². The number of alkyl halides is 3. The normalized spacial score (nSPS) is 11.1. The first-order chi connectivity index (χ1) is 12.7. The minimum atomic E-state index is -4.65. The van der Waals surface area contributed by atoms with E-state index in [2.05, 4.69) is 5.32 Å². The molecular formula is C19H18ClF3N2O2. The zero-order valence-corrected chi connectivity index (χ0v) is 15.3. The van der Waals surface area contributed by atoms with Crippen LogP contribution in [-0.4, -0.2) is 23.3 Å². The van der Waals surface area contributed by atoms with Gasteiger partial charge in [0.1, 0.15) is 0 Å². The minimum Gasteiger partial charge on any atom is -0.338 e. The highest BCUT2D eigenvalue weighted by atomic mass is 35.5. The molecule has 0 fully saturated rings. The molecule has 2 aromatic carbocycles. The van der Waals surface area contributed by atoms with Crippen molar-refractivity contribution in [1.82, 2.24) is 4.90 Å². The number of nitrogens with one attached hydrogen (secondary N) is 1. The van der Waals surface area contributed by atoms with Crippen LogP contribution in [0.1, 0.15) is 24.5 Å². The summed E-state index contributed by atoms with van der Waals surface area (Å²) in [5, 5.41) is 2.17. The van der Waals surface area contributed by atoms with Crippen molar-refractivity contribution in [3.8, 4) is 0 Å². The third-order valence-electron chi connectivity index (χ3n) is 3.83. The molecule has 0 aromatic heterocycles. The van der Waals surface area contributed by atoms with Crippen LogP contribution in [0.3, 0.4) is 0 Å². The van der Waals surface area contributed by atoms with Crippen LogP contribution in [-0.2, 0) is 22.3 Å². The molecule has 0 aliphatic rings. The number of rotatable bonds is 6. The molecule has 2 rings (SSSR count). The van der Waals surface area contributed by atoms with Crippen LogP contribution < -0.4 is 5.32 Å². The number of amides is 2. The van der Waals surface area contributed by atoms with E-state index < -0.39 is 17.6 Å². The molecule has 0 atom stereocenters. The molecule has 0 radical (unpaired) electrons. The van der Waals surface area contributed by atoms with Crippen LogP contribution >= 0.6 is 11.6 Å². The summed E-state index contributed by atoms with van der Waals surface area (Å²) < 4.78 is 39.2. The van der Waals surface area contributed by atoms with Gasteiger partial charge >= 0.3 is 6.18 Å². The summed E-state index contributed by atoms with van der Waals surface area (Å²) in [6, 6.07) is 12.3. The lowest BCUT2D eigenvalue weighted by molar-refractivity contribution is -0.137. The number of hydrogen-bond acceptors (Lipinski definition) is 2. The van der Waals surface area contributed by atoms with E-state index in [0.29, 0.717) is 6.54 Å². The molecule has 0 aliphatic heterocycles. The highest BCUT2D eigenvalue weighted by molar-refractivity contribution is 6.30. The number of benzene rings is 2. The van der Waals surface area contributed by atoms with Gasteiger partial charge in [-0.2, -0.15) is 13.2 Å². The van der Waals surface area contributed by atoms with Gasteiger partial charge in [0.25, 0.3) is 0 Å². The Bertz CT molecular complexity index is 810. The standard InChI is InChI=1S/C19H18ClF3N2O2/c1-13(26)25(12-14-5-3-2-4-6-14)10-9-18(27)24-17-8-7-15(20)11-16(17)19(21,22)23/h2-8,11H,9-10,12H2,1H3,(H,24,27). The van der Waals surface area contributed by atoms with E-state index in [1.165, 1.54) is 17.9 Å². The van der Waals surface area contributed by atoms with Crippen molar-refractivity contribution in [2.45, 2.75) is 26.1 Å². The summed E-state index contributed by atoms with van der Waals surface area (Å²) in [7, 11) is 0. The fraction of sp³-hybridized carbons (Fsp3) is 0.263. The van der Waals surface area contributed by atoms with E-state index in [0.717, 1.165) is 17.7 Å². The highest BCUT2D eigenvalue weighted by Crippen LogP contribution is 2.36. The fourth-order valence-electron chi connectivity index (χ4n) is 2.46. The Balaban J connectivity index is 2.02. The van der Waals surface area contributed by atoms with Gasteiger partial charge in [-0.15, -0.1) is 0 Å². The number of halogens is 4. The molecule has 0 heterocycles. The Morgan fingerprint density at radius 2 is 1.78 bits per heavy atom. The van der Waals surface area contributed by atoms with Gasteiger partial charge in [-0.25, -0.2) is 0 Å². The van der Waals surface area contributed by atoms with Crippen LogP contribution in [0, 0.1) is 0 Å². The van der Waals surface area contributed by atoms with Gasteiger partial charge in [-0.3, -0.25) is 9.59 Å². The van der Waals surface area contributed by atoms with E-state index in [9.17, 15) is 22.8 Å². The van der Waals surface area contributed by atoms with Crippen LogP contribution in [0.2, 0.25) is 5.02 Å². The van der Waals surface area contributed by atoms with Crippen molar-refractivity contribution in [3.63, 3.8) is 0 Å². The number of carbonyl (C=O) groups excluding carboxylic acids is 2. The van der Waals surface area contributed by atoms with E-state index in [1.807, 2.05) is 30.3 Å². The molecule has 144 valence electrons. The van der Waals surface area contributed by atoms with Gasteiger partial charge in [0, 0.05) is 31.5 Å². The average Bonchev–Trinajstić information content (AvgIpc) is 2.60. The van der Waals surface area contributed by atoms with Crippen molar-refractivity contribution in [1.29, 1.82) is 0 Å². The van der Waals surface area contributed by atoms with Crippen molar-refractivity contribution in [3.05, 3.63) is 64.7 Å². The summed E-state index contributed by atoms with van der Waals surface area (Å²) >= 11 is 5.62. The quantitative estimate of drug-likeness (QED) is 0.764. The summed E-state index contributed by atoms with van der Waals surface area (Å²) in [6.45, 7) is 1.78. The molecule has 1 N–H and O–H groups in total. The number of carbonyl (C=O) groups is 2. The van der Waals surface area contributed by atoms with Gasteiger partial charge in [-0.05, 0) is 23.8 Å². The lowest BCUT2D eigenvalue weighted by Crippen LogP contribution is -2.31. The first-order valence-corrected chi connectivity index (χ1v) is 8.50. The Labute approximate surface area is 159 Å². The highest BCUT2D eigenvalue weighted by Gasteiger charge is 2.34. The molecule has 0 bridgehead atoms. The van der Waals surface area contributed by atoms with E-state index >= 15 is 0 Å². The summed E-state index contributed by atoms with van der Waals surface area (Å²) in [5.41, 5.74) is -0.490. The number of anilines is 1. The lowest BCUT2D eigenvalue weighted by Gasteiger charge is -2.21. The zero-order valence-electron chi connectivity index (χ0n) is 14.5. The molecular weight excluding hydrogens is 381 g/mol. The van der Waals surface area contributed by atoms with Gasteiger partial charge < -0.3 is 10.2 Å².